The Morgan fingerprint density at radius 2 is 2.13 bits per heavy atom. The van der Waals surface area contributed by atoms with Crippen molar-refractivity contribution >= 4 is 17.1 Å². The average Bonchev–Trinajstić information content (AvgIpc) is 2.80. The normalized spacial score (nSPS) is 10.1. The molecule has 15 heavy (non-hydrogen) atoms. The van der Waals surface area contributed by atoms with Gasteiger partial charge in [0.2, 0.25) is 0 Å². The Morgan fingerprint density at radius 3 is 2.80 bits per heavy atom. The molecule has 0 aromatic carbocycles. The lowest BCUT2D eigenvalue weighted by Gasteiger charge is -1.97. The molecule has 0 aliphatic carbocycles. The summed E-state index contributed by atoms with van der Waals surface area (Å²) < 4.78 is 0. The molecule has 76 valence electrons. The van der Waals surface area contributed by atoms with E-state index in [0.717, 1.165) is 6.42 Å². The number of hydrogen-bond acceptors (Lipinski definition) is 4. The fourth-order valence-corrected chi connectivity index (χ4v) is 1.99. The van der Waals surface area contributed by atoms with Gasteiger partial charge in [0.15, 0.2) is 5.78 Å². The number of Topliss-reactive ketones (excluding diaryl/α,β-unsaturated/α-hetero) is 1. The van der Waals surface area contributed by atoms with E-state index in [4.69, 9.17) is 0 Å². The van der Waals surface area contributed by atoms with Crippen molar-refractivity contribution < 1.29 is 4.79 Å². The number of rotatable bonds is 4. The second kappa shape index (κ2) is 4.79. The summed E-state index contributed by atoms with van der Waals surface area (Å²) in [6, 6.07) is 4.04. The van der Waals surface area contributed by atoms with Gasteiger partial charge in [-0.2, -0.15) is 0 Å². The van der Waals surface area contributed by atoms with Crippen molar-refractivity contribution in [3.05, 3.63) is 46.7 Å². The molecule has 0 aliphatic heterocycles. The minimum absolute atomic E-state index is 0.101. The van der Waals surface area contributed by atoms with Gasteiger partial charge in [0.05, 0.1) is 5.56 Å². The summed E-state index contributed by atoms with van der Waals surface area (Å²) in [4.78, 5) is 20.5. The van der Waals surface area contributed by atoms with E-state index in [-0.39, 0.29) is 5.78 Å². The van der Waals surface area contributed by atoms with Crippen LogP contribution in [-0.2, 0) is 6.42 Å². The smallest absolute Gasteiger partial charge is 0.166 e. The molecule has 0 saturated heterocycles. The highest BCUT2D eigenvalue weighted by molar-refractivity contribution is 7.09. The largest absolute Gasteiger partial charge is 0.294 e. The second-order valence-corrected chi connectivity index (χ2v) is 4.16. The fourth-order valence-electron chi connectivity index (χ4n) is 1.28. The van der Waals surface area contributed by atoms with E-state index in [1.54, 1.807) is 23.7 Å². The lowest BCUT2D eigenvalue weighted by Crippen LogP contribution is -2.01. The number of aromatic nitrogens is 2. The molecule has 2 heterocycles. The molecule has 3 nitrogen and oxygen atoms in total. The highest BCUT2D eigenvalue weighted by Gasteiger charge is 2.06. The fraction of sp³-hybridized carbons (Fsp3) is 0.182. The zero-order chi connectivity index (χ0) is 10.5. The maximum absolute atomic E-state index is 11.7. The lowest BCUT2D eigenvalue weighted by molar-refractivity contribution is 0.0982. The van der Waals surface area contributed by atoms with Gasteiger partial charge in [-0.3, -0.25) is 4.79 Å². The number of carbonyl (C=O) groups excluding carboxylic acids is 1. The summed E-state index contributed by atoms with van der Waals surface area (Å²) >= 11 is 1.68. The maximum atomic E-state index is 11.7. The second-order valence-electron chi connectivity index (χ2n) is 3.13. The van der Waals surface area contributed by atoms with Crippen LogP contribution in [0.25, 0.3) is 0 Å². The third-order valence-electron chi connectivity index (χ3n) is 2.06. The molecule has 0 unspecified atom stereocenters. The van der Waals surface area contributed by atoms with Crippen molar-refractivity contribution in [1.82, 2.24) is 9.97 Å². The van der Waals surface area contributed by atoms with Gasteiger partial charge in [-0.1, -0.05) is 6.07 Å². The topological polar surface area (TPSA) is 42.9 Å². The molecule has 0 fully saturated rings. The summed E-state index contributed by atoms with van der Waals surface area (Å²) in [6.45, 7) is 0. The van der Waals surface area contributed by atoms with Gasteiger partial charge in [0, 0.05) is 23.7 Å². The monoisotopic (exact) mass is 218 g/mol. The van der Waals surface area contributed by atoms with Crippen LogP contribution in [-0.4, -0.2) is 15.8 Å². The predicted octanol–water partition coefficient (Wildman–Crippen LogP) is 2.35. The van der Waals surface area contributed by atoms with Crippen LogP contribution in [0.1, 0.15) is 21.7 Å². The molecule has 2 aromatic rings. The Morgan fingerprint density at radius 1 is 1.33 bits per heavy atom. The van der Waals surface area contributed by atoms with Crippen LogP contribution in [0.15, 0.2) is 36.2 Å². The summed E-state index contributed by atoms with van der Waals surface area (Å²) in [5.74, 6) is 0.101. The van der Waals surface area contributed by atoms with Gasteiger partial charge in [0.1, 0.15) is 6.33 Å². The maximum Gasteiger partial charge on any atom is 0.166 e. The summed E-state index contributed by atoms with van der Waals surface area (Å²) in [5, 5.41) is 2.02. The Bertz CT molecular complexity index is 425. The highest BCUT2D eigenvalue weighted by atomic mass is 32.1. The van der Waals surface area contributed by atoms with E-state index >= 15 is 0 Å². The molecule has 0 radical (unpaired) electrons. The Kier molecular flexibility index (Phi) is 3.19. The molecular weight excluding hydrogens is 208 g/mol. The zero-order valence-corrected chi connectivity index (χ0v) is 8.91. The zero-order valence-electron chi connectivity index (χ0n) is 8.09. The van der Waals surface area contributed by atoms with Crippen molar-refractivity contribution in [1.29, 1.82) is 0 Å². The number of thiophene rings is 1. The van der Waals surface area contributed by atoms with Crippen molar-refractivity contribution in [3.63, 3.8) is 0 Å². The molecule has 0 saturated carbocycles. The average molecular weight is 218 g/mol. The SMILES string of the molecule is O=C(CCc1cccs1)c1cncnc1. The standard InChI is InChI=1S/C11H10N2OS/c14-11(9-6-12-8-13-7-9)4-3-10-2-1-5-15-10/h1-2,5-8H,3-4H2. The third kappa shape index (κ3) is 2.70. The van der Waals surface area contributed by atoms with Crippen molar-refractivity contribution in [2.24, 2.45) is 0 Å². The first-order valence-corrected chi connectivity index (χ1v) is 5.55. The van der Waals surface area contributed by atoms with Crippen LogP contribution in [0.4, 0.5) is 0 Å². The molecule has 2 aromatic heterocycles. The van der Waals surface area contributed by atoms with Crippen molar-refractivity contribution in [3.8, 4) is 0 Å². The Balaban J connectivity index is 1.94. The first-order valence-electron chi connectivity index (χ1n) is 4.67. The van der Waals surface area contributed by atoms with Gasteiger partial charge in [-0.25, -0.2) is 9.97 Å². The molecule has 4 heteroatoms. The number of ketones is 1. The van der Waals surface area contributed by atoms with Crippen LogP contribution in [0.2, 0.25) is 0 Å². The quantitative estimate of drug-likeness (QED) is 0.740. The minimum Gasteiger partial charge on any atom is -0.294 e. The molecule has 2 rings (SSSR count). The van der Waals surface area contributed by atoms with Crippen molar-refractivity contribution in [2.75, 3.05) is 0 Å². The van der Waals surface area contributed by atoms with Crippen LogP contribution in [0.5, 0.6) is 0 Å². The Hall–Kier alpha value is -1.55. The summed E-state index contributed by atoms with van der Waals surface area (Å²) in [6.07, 6.45) is 5.86. The van der Waals surface area contributed by atoms with E-state index < -0.39 is 0 Å². The first kappa shape index (κ1) is 9.98. The predicted molar refractivity (Wildman–Crippen MR) is 59.0 cm³/mol. The van der Waals surface area contributed by atoms with Crippen LogP contribution in [0.3, 0.4) is 0 Å². The molecule has 0 aliphatic rings. The first-order chi connectivity index (χ1) is 7.36. The van der Waals surface area contributed by atoms with E-state index in [1.165, 1.54) is 11.2 Å². The lowest BCUT2D eigenvalue weighted by atomic mass is 10.1. The van der Waals surface area contributed by atoms with Gasteiger partial charge in [0.25, 0.3) is 0 Å². The van der Waals surface area contributed by atoms with Gasteiger partial charge in [-0.15, -0.1) is 11.3 Å². The van der Waals surface area contributed by atoms with Gasteiger partial charge >= 0.3 is 0 Å². The number of carbonyl (C=O) groups is 1. The highest BCUT2D eigenvalue weighted by Crippen LogP contribution is 2.12. The number of hydrogen-bond donors (Lipinski definition) is 0. The van der Waals surface area contributed by atoms with Crippen molar-refractivity contribution in [2.45, 2.75) is 12.8 Å². The number of aryl methyl sites for hydroxylation is 1. The molecule has 0 bridgehead atoms. The van der Waals surface area contributed by atoms with Crippen LogP contribution < -0.4 is 0 Å². The van der Waals surface area contributed by atoms with E-state index in [2.05, 4.69) is 9.97 Å². The van der Waals surface area contributed by atoms with Gasteiger partial charge in [-0.05, 0) is 17.9 Å². The van der Waals surface area contributed by atoms with Crippen LogP contribution >= 0.6 is 11.3 Å². The molecule has 0 N–H and O–H groups in total. The number of nitrogens with zero attached hydrogens (tertiary/aromatic N) is 2. The molecular formula is C11H10N2OS. The van der Waals surface area contributed by atoms with Crippen LogP contribution in [0, 0.1) is 0 Å². The van der Waals surface area contributed by atoms with E-state index in [1.807, 2.05) is 17.5 Å². The van der Waals surface area contributed by atoms with Gasteiger partial charge < -0.3 is 0 Å². The molecule has 0 amide bonds. The minimum atomic E-state index is 0.101. The van der Waals surface area contributed by atoms with E-state index in [0.29, 0.717) is 12.0 Å². The molecule has 0 spiro atoms. The Labute approximate surface area is 91.8 Å². The third-order valence-corrected chi connectivity index (χ3v) is 3.00. The summed E-state index contributed by atoms with van der Waals surface area (Å²) in [7, 11) is 0. The summed E-state index contributed by atoms with van der Waals surface area (Å²) in [5.41, 5.74) is 0.592. The van der Waals surface area contributed by atoms with E-state index in [9.17, 15) is 4.79 Å². The molecule has 0 atom stereocenters.